The number of rotatable bonds is 4. The van der Waals surface area contributed by atoms with E-state index in [4.69, 9.17) is 16.3 Å². The molecule has 2 rings (SSSR count). The summed E-state index contributed by atoms with van der Waals surface area (Å²) >= 11 is 10.5. The lowest BCUT2D eigenvalue weighted by molar-refractivity contribution is 0.0476. The molecule has 0 spiro atoms. The van der Waals surface area contributed by atoms with Crippen molar-refractivity contribution in [3.05, 3.63) is 55.1 Å². The summed E-state index contributed by atoms with van der Waals surface area (Å²) in [5.74, 6) is -0.833. The summed E-state index contributed by atoms with van der Waals surface area (Å²) in [6.45, 7) is 1.62. The standard InChI is InChI=1S/C14H10BrClO3S/c1-8-2-5-13(20-8)12(17)7-19-14(18)10-6-9(15)3-4-11(10)16/h2-6H,7H2,1H3. The highest BCUT2D eigenvalue weighted by Crippen LogP contribution is 2.22. The van der Waals surface area contributed by atoms with E-state index >= 15 is 0 Å². The highest BCUT2D eigenvalue weighted by molar-refractivity contribution is 9.10. The van der Waals surface area contributed by atoms with Crippen LogP contribution < -0.4 is 0 Å². The minimum Gasteiger partial charge on any atom is -0.454 e. The average molecular weight is 374 g/mol. The van der Waals surface area contributed by atoms with E-state index in [1.54, 1.807) is 24.3 Å². The molecule has 0 N–H and O–H groups in total. The minimum atomic E-state index is -0.613. The summed E-state index contributed by atoms with van der Waals surface area (Å²) in [5, 5.41) is 0.289. The molecule has 0 aliphatic carbocycles. The van der Waals surface area contributed by atoms with Crippen molar-refractivity contribution in [1.82, 2.24) is 0 Å². The molecule has 0 radical (unpaired) electrons. The Bertz CT molecular complexity index is 666. The number of Topliss-reactive ketones (excluding diaryl/α,β-unsaturated/α-hetero) is 1. The van der Waals surface area contributed by atoms with Crippen molar-refractivity contribution in [3.63, 3.8) is 0 Å². The number of thiophene rings is 1. The van der Waals surface area contributed by atoms with Crippen LogP contribution in [0.15, 0.2) is 34.8 Å². The van der Waals surface area contributed by atoms with E-state index in [0.29, 0.717) is 9.35 Å². The van der Waals surface area contributed by atoms with E-state index in [0.717, 1.165) is 4.88 Å². The quantitative estimate of drug-likeness (QED) is 0.585. The minimum absolute atomic E-state index is 0.220. The first-order valence-corrected chi connectivity index (χ1v) is 7.68. The molecule has 1 aromatic carbocycles. The molecular formula is C14H10BrClO3S. The number of hydrogen-bond acceptors (Lipinski definition) is 4. The fourth-order valence-electron chi connectivity index (χ4n) is 1.52. The zero-order valence-electron chi connectivity index (χ0n) is 10.5. The first-order chi connectivity index (χ1) is 9.47. The third kappa shape index (κ3) is 3.69. The molecule has 0 fully saturated rings. The van der Waals surface area contributed by atoms with Crippen LogP contribution in [0.25, 0.3) is 0 Å². The fraction of sp³-hybridized carbons (Fsp3) is 0.143. The first-order valence-electron chi connectivity index (χ1n) is 5.69. The summed E-state index contributed by atoms with van der Waals surface area (Å²) in [6.07, 6.45) is 0. The van der Waals surface area contributed by atoms with Gasteiger partial charge in [-0.1, -0.05) is 27.5 Å². The summed E-state index contributed by atoms with van der Waals surface area (Å²) in [6, 6.07) is 8.45. The Morgan fingerprint density at radius 1 is 1.30 bits per heavy atom. The van der Waals surface area contributed by atoms with Gasteiger partial charge in [0.25, 0.3) is 0 Å². The topological polar surface area (TPSA) is 43.4 Å². The molecule has 104 valence electrons. The fourth-order valence-corrected chi connectivity index (χ4v) is 2.87. The second kappa shape index (κ2) is 6.52. The first kappa shape index (κ1) is 15.2. The average Bonchev–Trinajstić information content (AvgIpc) is 2.85. The number of ketones is 1. The highest BCUT2D eigenvalue weighted by Gasteiger charge is 2.15. The molecule has 0 bridgehead atoms. The van der Waals surface area contributed by atoms with E-state index < -0.39 is 5.97 Å². The number of carbonyl (C=O) groups is 2. The third-order valence-electron chi connectivity index (χ3n) is 2.50. The Morgan fingerprint density at radius 3 is 2.70 bits per heavy atom. The van der Waals surface area contributed by atoms with Crippen LogP contribution in [-0.4, -0.2) is 18.4 Å². The zero-order chi connectivity index (χ0) is 14.7. The van der Waals surface area contributed by atoms with Gasteiger partial charge in [0, 0.05) is 9.35 Å². The molecule has 1 aromatic heterocycles. The van der Waals surface area contributed by atoms with Crippen LogP contribution in [0, 0.1) is 6.92 Å². The lowest BCUT2D eigenvalue weighted by atomic mass is 10.2. The van der Waals surface area contributed by atoms with Crippen molar-refractivity contribution in [2.45, 2.75) is 6.92 Å². The van der Waals surface area contributed by atoms with Gasteiger partial charge in [0.2, 0.25) is 5.78 Å². The number of halogens is 2. The van der Waals surface area contributed by atoms with Gasteiger partial charge in [-0.3, -0.25) is 4.79 Å². The Hall–Kier alpha value is -1.17. The van der Waals surface area contributed by atoms with Crippen LogP contribution in [0.2, 0.25) is 5.02 Å². The number of ether oxygens (including phenoxy) is 1. The SMILES string of the molecule is Cc1ccc(C(=O)COC(=O)c2cc(Br)ccc2Cl)s1. The monoisotopic (exact) mass is 372 g/mol. The predicted octanol–water partition coefficient (Wildman–Crippen LogP) is 4.51. The largest absolute Gasteiger partial charge is 0.454 e. The van der Waals surface area contributed by atoms with Crippen LogP contribution in [0.3, 0.4) is 0 Å². The third-order valence-corrected chi connectivity index (χ3v) is 4.36. The van der Waals surface area contributed by atoms with Crippen molar-refractivity contribution in [1.29, 1.82) is 0 Å². The number of hydrogen-bond donors (Lipinski definition) is 0. The maximum absolute atomic E-state index is 11.9. The molecule has 3 nitrogen and oxygen atoms in total. The molecule has 0 atom stereocenters. The van der Waals surface area contributed by atoms with Crippen LogP contribution in [-0.2, 0) is 4.74 Å². The Balaban J connectivity index is 2.02. The van der Waals surface area contributed by atoms with Gasteiger partial charge < -0.3 is 4.74 Å². The number of carbonyl (C=O) groups excluding carboxylic acids is 2. The highest BCUT2D eigenvalue weighted by atomic mass is 79.9. The predicted molar refractivity (Wildman–Crippen MR) is 82.8 cm³/mol. The number of esters is 1. The lowest BCUT2D eigenvalue weighted by Gasteiger charge is -2.05. The van der Waals surface area contributed by atoms with Crippen molar-refractivity contribution < 1.29 is 14.3 Å². The van der Waals surface area contributed by atoms with Crippen molar-refractivity contribution in [2.75, 3.05) is 6.61 Å². The summed E-state index contributed by atoms with van der Waals surface area (Å²) in [5.41, 5.74) is 0.233. The summed E-state index contributed by atoms with van der Waals surface area (Å²) in [7, 11) is 0. The molecule has 6 heteroatoms. The second-order valence-electron chi connectivity index (χ2n) is 4.03. The van der Waals surface area contributed by atoms with Gasteiger partial charge in [-0.05, 0) is 37.3 Å². The number of aryl methyl sites for hydroxylation is 1. The van der Waals surface area contributed by atoms with Gasteiger partial charge >= 0.3 is 5.97 Å². The van der Waals surface area contributed by atoms with Gasteiger partial charge in [0.1, 0.15) is 0 Å². The molecule has 0 aliphatic rings. The van der Waals surface area contributed by atoms with Crippen LogP contribution in [0.4, 0.5) is 0 Å². The molecule has 1 heterocycles. The van der Waals surface area contributed by atoms with Gasteiger partial charge in [-0.15, -0.1) is 11.3 Å². The molecule has 0 aliphatic heterocycles. The smallest absolute Gasteiger partial charge is 0.340 e. The van der Waals surface area contributed by atoms with Crippen LogP contribution >= 0.6 is 38.9 Å². The Morgan fingerprint density at radius 2 is 2.05 bits per heavy atom. The van der Waals surface area contributed by atoms with E-state index in [1.807, 2.05) is 13.0 Å². The second-order valence-corrected chi connectivity index (χ2v) is 6.64. The van der Waals surface area contributed by atoms with E-state index in [9.17, 15) is 9.59 Å². The maximum atomic E-state index is 11.9. The number of benzene rings is 1. The molecule has 0 saturated carbocycles. The lowest BCUT2D eigenvalue weighted by Crippen LogP contribution is -2.13. The Labute approximate surface area is 133 Å². The van der Waals surface area contributed by atoms with Gasteiger partial charge in [0.15, 0.2) is 6.61 Å². The zero-order valence-corrected chi connectivity index (χ0v) is 13.6. The molecule has 0 amide bonds. The molecule has 0 saturated heterocycles. The molecule has 2 aromatic rings. The van der Waals surface area contributed by atoms with Crippen LogP contribution in [0.5, 0.6) is 0 Å². The van der Waals surface area contributed by atoms with Crippen molar-refractivity contribution >= 4 is 50.6 Å². The van der Waals surface area contributed by atoms with E-state index in [2.05, 4.69) is 15.9 Å². The normalized spacial score (nSPS) is 10.3. The molecule has 20 heavy (non-hydrogen) atoms. The molecule has 0 unspecified atom stereocenters. The Kier molecular flexibility index (Phi) is 4.96. The maximum Gasteiger partial charge on any atom is 0.340 e. The van der Waals surface area contributed by atoms with E-state index in [-0.39, 0.29) is 23.0 Å². The summed E-state index contributed by atoms with van der Waals surface area (Å²) in [4.78, 5) is 25.3. The van der Waals surface area contributed by atoms with E-state index in [1.165, 1.54) is 11.3 Å². The van der Waals surface area contributed by atoms with Gasteiger partial charge in [-0.2, -0.15) is 0 Å². The van der Waals surface area contributed by atoms with Gasteiger partial charge in [-0.25, -0.2) is 4.79 Å². The van der Waals surface area contributed by atoms with Crippen molar-refractivity contribution in [3.8, 4) is 0 Å². The molecular weight excluding hydrogens is 364 g/mol. The van der Waals surface area contributed by atoms with Crippen molar-refractivity contribution in [2.24, 2.45) is 0 Å². The van der Waals surface area contributed by atoms with Crippen LogP contribution in [0.1, 0.15) is 24.9 Å². The summed E-state index contributed by atoms with van der Waals surface area (Å²) < 4.78 is 5.72. The van der Waals surface area contributed by atoms with Gasteiger partial charge in [0.05, 0.1) is 15.5 Å².